The van der Waals surface area contributed by atoms with Gasteiger partial charge in [0.2, 0.25) is 5.24 Å². The molecule has 0 aliphatic carbocycles. The van der Waals surface area contributed by atoms with Gasteiger partial charge in [-0.2, -0.15) is 0 Å². The van der Waals surface area contributed by atoms with Gasteiger partial charge in [0.25, 0.3) is 0 Å². The first-order valence-electron chi connectivity index (χ1n) is 3.87. The molecule has 0 aromatic heterocycles. The fourth-order valence-electron chi connectivity index (χ4n) is 0.986. The van der Waals surface area contributed by atoms with E-state index in [4.69, 9.17) is 11.6 Å². The summed E-state index contributed by atoms with van der Waals surface area (Å²) in [6.07, 6.45) is 0. The Labute approximate surface area is 77.4 Å². The van der Waals surface area contributed by atoms with E-state index in [0.717, 1.165) is 5.56 Å². The number of aryl methyl sites for hydroxylation is 1. The highest BCUT2D eigenvalue weighted by Crippen LogP contribution is 2.17. The van der Waals surface area contributed by atoms with Crippen molar-refractivity contribution in [3.05, 3.63) is 35.4 Å². The number of hydrogen-bond acceptors (Lipinski definition) is 1. The van der Waals surface area contributed by atoms with Crippen LogP contribution in [-0.4, -0.2) is 5.24 Å². The fraction of sp³-hybridized carbons (Fsp3) is 0.300. The number of hydrogen-bond donors (Lipinski definition) is 0. The summed E-state index contributed by atoms with van der Waals surface area (Å²) in [6.45, 7) is 3.82. The van der Waals surface area contributed by atoms with Crippen molar-refractivity contribution in [2.75, 3.05) is 0 Å². The average molecular weight is 183 g/mol. The van der Waals surface area contributed by atoms with E-state index in [0.29, 0.717) is 0 Å². The molecule has 0 fully saturated rings. The van der Waals surface area contributed by atoms with Gasteiger partial charge in [0, 0.05) is 0 Å². The molecule has 1 unspecified atom stereocenters. The first kappa shape index (κ1) is 9.27. The number of halogens is 1. The molecule has 0 amide bonds. The van der Waals surface area contributed by atoms with Gasteiger partial charge in [0.1, 0.15) is 0 Å². The van der Waals surface area contributed by atoms with E-state index in [2.05, 4.69) is 0 Å². The van der Waals surface area contributed by atoms with Crippen LogP contribution < -0.4 is 0 Å². The second-order valence-corrected chi connectivity index (χ2v) is 3.31. The van der Waals surface area contributed by atoms with E-state index in [1.54, 1.807) is 6.92 Å². The lowest BCUT2D eigenvalue weighted by molar-refractivity contribution is -0.112. The SMILES string of the molecule is Cc1ccc(C(C)C(=O)Cl)cc1. The molecule has 1 atom stereocenters. The zero-order valence-corrected chi connectivity index (χ0v) is 7.93. The molecule has 0 bridgehead atoms. The summed E-state index contributed by atoms with van der Waals surface area (Å²) in [5.74, 6) is -0.202. The summed E-state index contributed by atoms with van der Waals surface area (Å²) in [7, 11) is 0. The monoisotopic (exact) mass is 182 g/mol. The van der Waals surface area contributed by atoms with Crippen LogP contribution in [0, 0.1) is 6.92 Å². The van der Waals surface area contributed by atoms with Crippen molar-refractivity contribution >= 4 is 16.8 Å². The maximum Gasteiger partial charge on any atom is 0.228 e. The minimum absolute atomic E-state index is 0.202. The molecule has 1 rings (SSSR count). The summed E-state index contributed by atoms with van der Waals surface area (Å²) in [5.41, 5.74) is 2.16. The van der Waals surface area contributed by atoms with Gasteiger partial charge in [-0.15, -0.1) is 0 Å². The Kier molecular flexibility index (Phi) is 2.88. The lowest BCUT2D eigenvalue weighted by Crippen LogP contribution is -2.01. The molecule has 0 radical (unpaired) electrons. The maximum absolute atomic E-state index is 10.8. The van der Waals surface area contributed by atoms with Crippen LogP contribution >= 0.6 is 11.6 Å². The molecule has 2 heteroatoms. The number of carbonyl (C=O) groups excluding carboxylic acids is 1. The quantitative estimate of drug-likeness (QED) is 0.643. The minimum atomic E-state index is -0.307. The summed E-state index contributed by atoms with van der Waals surface area (Å²) in [5, 5.41) is -0.307. The summed E-state index contributed by atoms with van der Waals surface area (Å²) in [6, 6.07) is 7.82. The highest BCUT2D eigenvalue weighted by molar-refractivity contribution is 6.64. The van der Waals surface area contributed by atoms with Crippen molar-refractivity contribution < 1.29 is 4.79 Å². The van der Waals surface area contributed by atoms with E-state index in [9.17, 15) is 4.79 Å². The second-order valence-electron chi connectivity index (χ2n) is 2.94. The smallest absolute Gasteiger partial charge is 0.228 e. The third kappa shape index (κ3) is 2.08. The zero-order valence-electron chi connectivity index (χ0n) is 7.17. The van der Waals surface area contributed by atoms with E-state index in [1.165, 1.54) is 5.56 Å². The van der Waals surface area contributed by atoms with Crippen molar-refractivity contribution in [2.45, 2.75) is 19.8 Å². The standard InChI is InChI=1S/C10H11ClO/c1-7-3-5-9(6-4-7)8(2)10(11)12/h3-6,8H,1-2H3. The molecule has 0 heterocycles. The van der Waals surface area contributed by atoms with Crippen molar-refractivity contribution in [2.24, 2.45) is 0 Å². The molecule has 0 aliphatic heterocycles. The number of rotatable bonds is 2. The predicted molar refractivity (Wildman–Crippen MR) is 50.5 cm³/mol. The Bertz CT molecular complexity index is 276. The molecule has 12 heavy (non-hydrogen) atoms. The Morgan fingerprint density at radius 2 is 1.83 bits per heavy atom. The molecule has 0 saturated heterocycles. The molecule has 1 nitrogen and oxygen atoms in total. The van der Waals surface area contributed by atoms with Crippen molar-refractivity contribution in [1.82, 2.24) is 0 Å². The van der Waals surface area contributed by atoms with Crippen LogP contribution in [0.15, 0.2) is 24.3 Å². The molecular formula is C10H11ClO. The average Bonchev–Trinajstić information content (AvgIpc) is 2.04. The lowest BCUT2D eigenvalue weighted by atomic mass is 10.0. The van der Waals surface area contributed by atoms with Gasteiger partial charge in [-0.25, -0.2) is 0 Å². The second kappa shape index (κ2) is 3.72. The predicted octanol–water partition coefficient (Wildman–Crippen LogP) is 2.86. The lowest BCUT2D eigenvalue weighted by Gasteiger charge is -2.05. The van der Waals surface area contributed by atoms with Crippen LogP contribution in [-0.2, 0) is 4.79 Å². The van der Waals surface area contributed by atoms with Crippen molar-refractivity contribution in [3.63, 3.8) is 0 Å². The van der Waals surface area contributed by atoms with E-state index >= 15 is 0 Å². The van der Waals surface area contributed by atoms with Crippen LogP contribution in [0.2, 0.25) is 0 Å². The molecule has 0 aliphatic rings. The number of benzene rings is 1. The molecular weight excluding hydrogens is 172 g/mol. The van der Waals surface area contributed by atoms with Gasteiger partial charge in [-0.05, 0) is 24.1 Å². The topological polar surface area (TPSA) is 17.1 Å². The third-order valence-electron chi connectivity index (χ3n) is 1.92. The van der Waals surface area contributed by atoms with Gasteiger partial charge in [-0.3, -0.25) is 4.79 Å². The van der Waals surface area contributed by atoms with Gasteiger partial charge >= 0.3 is 0 Å². The Balaban J connectivity index is 2.89. The first-order valence-corrected chi connectivity index (χ1v) is 4.25. The molecule has 0 N–H and O–H groups in total. The minimum Gasteiger partial charge on any atom is -0.281 e. The zero-order chi connectivity index (χ0) is 9.14. The summed E-state index contributed by atoms with van der Waals surface area (Å²) < 4.78 is 0. The molecule has 64 valence electrons. The van der Waals surface area contributed by atoms with Gasteiger partial charge < -0.3 is 0 Å². The number of carbonyl (C=O) groups is 1. The first-order chi connectivity index (χ1) is 5.61. The van der Waals surface area contributed by atoms with Crippen LogP contribution in [0.4, 0.5) is 0 Å². The van der Waals surface area contributed by atoms with Crippen LogP contribution in [0.1, 0.15) is 24.0 Å². The van der Waals surface area contributed by atoms with Crippen molar-refractivity contribution in [3.8, 4) is 0 Å². The fourth-order valence-corrected chi connectivity index (χ4v) is 1.11. The summed E-state index contributed by atoms with van der Waals surface area (Å²) >= 11 is 5.36. The van der Waals surface area contributed by atoms with Gasteiger partial charge in [0.05, 0.1) is 5.92 Å². The van der Waals surface area contributed by atoms with Crippen LogP contribution in [0.3, 0.4) is 0 Å². The van der Waals surface area contributed by atoms with E-state index < -0.39 is 0 Å². The summed E-state index contributed by atoms with van der Waals surface area (Å²) in [4.78, 5) is 10.8. The van der Waals surface area contributed by atoms with Gasteiger partial charge in [-0.1, -0.05) is 36.8 Å². The Morgan fingerprint density at radius 1 is 1.33 bits per heavy atom. The molecule has 1 aromatic carbocycles. The van der Waals surface area contributed by atoms with Crippen molar-refractivity contribution in [1.29, 1.82) is 0 Å². The highest BCUT2D eigenvalue weighted by atomic mass is 35.5. The Hall–Kier alpha value is -0.820. The third-order valence-corrected chi connectivity index (χ3v) is 2.25. The van der Waals surface area contributed by atoms with Gasteiger partial charge in [0.15, 0.2) is 0 Å². The Morgan fingerprint density at radius 3 is 2.25 bits per heavy atom. The van der Waals surface area contributed by atoms with Crippen LogP contribution in [0.5, 0.6) is 0 Å². The largest absolute Gasteiger partial charge is 0.281 e. The van der Waals surface area contributed by atoms with Crippen LogP contribution in [0.25, 0.3) is 0 Å². The molecule has 0 saturated carbocycles. The maximum atomic E-state index is 10.8. The normalized spacial score (nSPS) is 12.6. The molecule has 0 spiro atoms. The molecule has 1 aromatic rings. The highest BCUT2D eigenvalue weighted by Gasteiger charge is 2.11. The van der Waals surface area contributed by atoms with E-state index in [-0.39, 0.29) is 11.2 Å². The van der Waals surface area contributed by atoms with E-state index in [1.807, 2.05) is 31.2 Å².